The van der Waals surface area contributed by atoms with Crippen molar-refractivity contribution in [3.05, 3.63) is 77.9 Å². The van der Waals surface area contributed by atoms with Crippen LogP contribution in [0.5, 0.6) is 0 Å². The van der Waals surface area contributed by atoms with Crippen LogP contribution in [0.3, 0.4) is 0 Å². The molecule has 1 aliphatic heterocycles. The summed E-state index contributed by atoms with van der Waals surface area (Å²) in [5, 5.41) is 2.36. The maximum atomic E-state index is 12.9. The first-order valence-electron chi connectivity index (χ1n) is 9.29. The van der Waals surface area contributed by atoms with Gasteiger partial charge in [-0.15, -0.1) is 0 Å². The Morgan fingerprint density at radius 2 is 1.86 bits per heavy atom. The Morgan fingerprint density at radius 3 is 2.64 bits per heavy atom. The Balaban J connectivity index is 1.42. The van der Waals surface area contributed by atoms with Crippen molar-refractivity contribution in [2.75, 3.05) is 19.6 Å². The highest BCUT2D eigenvalue weighted by molar-refractivity contribution is 5.84. The molecule has 0 atom stereocenters. The lowest BCUT2D eigenvalue weighted by atomic mass is 10.0. The molecule has 0 saturated heterocycles. The van der Waals surface area contributed by atoms with E-state index < -0.39 is 11.9 Å². The predicted molar refractivity (Wildman–Crippen MR) is 104 cm³/mol. The number of hydrogen-bond donors (Lipinski definition) is 0. The van der Waals surface area contributed by atoms with Gasteiger partial charge in [0.25, 0.3) is 0 Å². The number of aromatic nitrogens is 2. The molecule has 0 radical (unpaired) electrons. The fourth-order valence-corrected chi connectivity index (χ4v) is 3.56. The van der Waals surface area contributed by atoms with Crippen LogP contribution in [0.2, 0.25) is 0 Å². The van der Waals surface area contributed by atoms with E-state index in [-0.39, 0.29) is 0 Å². The fraction of sp³-hybridized carbons (Fsp3) is 0.273. The zero-order valence-corrected chi connectivity index (χ0v) is 15.3. The number of nitrogens with zero attached hydrogens (tertiary/aromatic N) is 3. The molecule has 0 bridgehead atoms. The minimum Gasteiger partial charge on any atom is -0.299 e. The fourth-order valence-electron chi connectivity index (χ4n) is 3.56. The average Bonchev–Trinajstić information content (AvgIpc) is 2.72. The van der Waals surface area contributed by atoms with Crippen molar-refractivity contribution in [1.82, 2.24) is 14.9 Å². The molecule has 144 valence electrons. The monoisotopic (exact) mass is 383 g/mol. The van der Waals surface area contributed by atoms with Crippen LogP contribution in [-0.4, -0.2) is 34.5 Å². The lowest BCUT2D eigenvalue weighted by Gasteiger charge is -2.26. The summed E-state index contributed by atoms with van der Waals surface area (Å²) < 4.78 is 38.6. The van der Waals surface area contributed by atoms with Gasteiger partial charge in [0.05, 0.1) is 5.69 Å². The number of fused-ring (bicyclic) bond motifs is 1. The number of rotatable bonds is 4. The maximum Gasteiger partial charge on any atom is 0.433 e. The van der Waals surface area contributed by atoms with Gasteiger partial charge in [0.2, 0.25) is 0 Å². The number of alkyl halides is 3. The van der Waals surface area contributed by atoms with Crippen molar-refractivity contribution in [3.8, 4) is 0 Å². The van der Waals surface area contributed by atoms with E-state index in [9.17, 15) is 13.2 Å². The van der Waals surface area contributed by atoms with Crippen molar-refractivity contribution in [2.24, 2.45) is 0 Å². The van der Waals surface area contributed by atoms with E-state index >= 15 is 0 Å². The number of pyridine rings is 2. The van der Waals surface area contributed by atoms with E-state index in [1.54, 1.807) is 6.07 Å². The topological polar surface area (TPSA) is 29.0 Å². The SMILES string of the molecule is FC(F)(F)c1cccc(C2=CCN(CCc3nccc4ccccc34)CC2)n1. The molecule has 0 spiro atoms. The van der Waals surface area contributed by atoms with E-state index in [4.69, 9.17) is 0 Å². The molecular weight excluding hydrogens is 363 g/mol. The average molecular weight is 383 g/mol. The quantitative estimate of drug-likeness (QED) is 0.636. The number of halogens is 3. The van der Waals surface area contributed by atoms with Gasteiger partial charge in [-0.05, 0) is 35.6 Å². The van der Waals surface area contributed by atoms with Crippen molar-refractivity contribution in [2.45, 2.75) is 19.0 Å². The molecule has 4 rings (SSSR count). The van der Waals surface area contributed by atoms with Gasteiger partial charge in [0, 0.05) is 43.3 Å². The summed E-state index contributed by atoms with van der Waals surface area (Å²) in [6.07, 6.45) is 0.944. The van der Waals surface area contributed by atoms with Crippen LogP contribution >= 0.6 is 0 Å². The van der Waals surface area contributed by atoms with Crippen molar-refractivity contribution < 1.29 is 13.2 Å². The lowest BCUT2D eigenvalue weighted by molar-refractivity contribution is -0.141. The van der Waals surface area contributed by atoms with E-state index in [0.29, 0.717) is 18.7 Å². The van der Waals surface area contributed by atoms with Gasteiger partial charge in [0.15, 0.2) is 0 Å². The molecule has 3 aromatic rings. The highest BCUT2D eigenvalue weighted by atomic mass is 19.4. The molecule has 1 aromatic carbocycles. The molecule has 0 saturated carbocycles. The molecule has 28 heavy (non-hydrogen) atoms. The van der Waals surface area contributed by atoms with Gasteiger partial charge in [-0.25, -0.2) is 4.98 Å². The van der Waals surface area contributed by atoms with Crippen LogP contribution in [0, 0.1) is 0 Å². The summed E-state index contributed by atoms with van der Waals surface area (Å²) in [5.74, 6) is 0. The molecule has 0 unspecified atom stereocenters. The van der Waals surface area contributed by atoms with Crippen LogP contribution in [0.4, 0.5) is 13.2 Å². The predicted octanol–water partition coefficient (Wildman–Crippen LogP) is 4.98. The maximum absolute atomic E-state index is 12.9. The highest BCUT2D eigenvalue weighted by Crippen LogP contribution is 2.29. The standard InChI is InChI=1S/C22H20F3N3/c23-22(24,25)21-7-3-6-19(27-21)17-9-13-28(14-10-17)15-11-20-18-5-2-1-4-16(18)8-12-26-20/h1-9,12H,10-11,13-15H2. The number of hydrogen-bond acceptors (Lipinski definition) is 3. The Morgan fingerprint density at radius 1 is 1.00 bits per heavy atom. The number of benzene rings is 1. The molecule has 0 fully saturated rings. The zero-order chi connectivity index (χ0) is 19.6. The third-order valence-corrected chi connectivity index (χ3v) is 5.08. The van der Waals surface area contributed by atoms with Crippen LogP contribution in [0.1, 0.15) is 23.5 Å². The minimum absolute atomic E-state index is 0.421. The van der Waals surface area contributed by atoms with E-state index in [1.165, 1.54) is 16.8 Å². The second kappa shape index (κ2) is 7.72. The van der Waals surface area contributed by atoms with Crippen LogP contribution in [0.25, 0.3) is 16.3 Å². The first-order valence-corrected chi connectivity index (χ1v) is 9.29. The summed E-state index contributed by atoms with van der Waals surface area (Å²) in [4.78, 5) is 10.6. The summed E-state index contributed by atoms with van der Waals surface area (Å²) in [5.41, 5.74) is 1.54. The summed E-state index contributed by atoms with van der Waals surface area (Å²) in [6, 6.07) is 14.3. The third kappa shape index (κ3) is 4.07. The second-order valence-electron chi connectivity index (χ2n) is 6.91. The van der Waals surface area contributed by atoms with Gasteiger partial charge in [0.1, 0.15) is 5.69 Å². The molecule has 0 aliphatic carbocycles. The van der Waals surface area contributed by atoms with Gasteiger partial charge >= 0.3 is 6.18 Å². The Hall–Kier alpha value is -2.73. The molecular formula is C22H20F3N3. The smallest absolute Gasteiger partial charge is 0.299 e. The summed E-state index contributed by atoms with van der Waals surface area (Å²) in [7, 11) is 0. The molecule has 0 N–H and O–H groups in total. The normalized spacial score (nSPS) is 15.6. The third-order valence-electron chi connectivity index (χ3n) is 5.08. The van der Waals surface area contributed by atoms with Gasteiger partial charge in [-0.1, -0.05) is 36.4 Å². The Kier molecular flexibility index (Phi) is 5.13. The van der Waals surface area contributed by atoms with Gasteiger partial charge < -0.3 is 0 Å². The van der Waals surface area contributed by atoms with E-state index in [2.05, 4.69) is 27.0 Å². The first kappa shape index (κ1) is 18.6. The van der Waals surface area contributed by atoms with Crippen LogP contribution < -0.4 is 0 Å². The van der Waals surface area contributed by atoms with Crippen LogP contribution in [-0.2, 0) is 12.6 Å². The molecule has 0 amide bonds. The lowest BCUT2D eigenvalue weighted by Crippen LogP contribution is -2.30. The minimum atomic E-state index is -4.41. The summed E-state index contributed by atoms with van der Waals surface area (Å²) >= 11 is 0. The van der Waals surface area contributed by atoms with Crippen molar-refractivity contribution in [1.29, 1.82) is 0 Å². The van der Waals surface area contributed by atoms with E-state index in [0.717, 1.165) is 36.8 Å². The molecule has 3 heterocycles. The molecule has 3 nitrogen and oxygen atoms in total. The summed E-state index contributed by atoms with van der Waals surface area (Å²) in [6.45, 7) is 2.37. The van der Waals surface area contributed by atoms with Crippen molar-refractivity contribution in [3.63, 3.8) is 0 Å². The Bertz CT molecular complexity index is 1010. The van der Waals surface area contributed by atoms with Gasteiger partial charge in [-0.3, -0.25) is 9.88 Å². The largest absolute Gasteiger partial charge is 0.433 e. The first-order chi connectivity index (χ1) is 13.5. The van der Waals surface area contributed by atoms with Gasteiger partial charge in [-0.2, -0.15) is 13.2 Å². The second-order valence-corrected chi connectivity index (χ2v) is 6.91. The molecule has 1 aliphatic rings. The Labute approximate surface area is 161 Å². The highest BCUT2D eigenvalue weighted by Gasteiger charge is 2.32. The van der Waals surface area contributed by atoms with Crippen LogP contribution in [0.15, 0.2) is 60.8 Å². The molecule has 6 heteroatoms. The molecule has 2 aromatic heterocycles. The van der Waals surface area contributed by atoms with Crippen molar-refractivity contribution >= 4 is 16.3 Å². The van der Waals surface area contributed by atoms with E-state index in [1.807, 2.05) is 30.5 Å². The zero-order valence-electron chi connectivity index (χ0n) is 15.3.